The van der Waals surface area contributed by atoms with Crippen molar-refractivity contribution in [2.75, 3.05) is 6.54 Å². The van der Waals surface area contributed by atoms with E-state index in [2.05, 4.69) is 34.1 Å². The molecule has 0 N–H and O–H groups in total. The van der Waals surface area contributed by atoms with Gasteiger partial charge in [-0.2, -0.15) is 0 Å². The number of hydrogen-bond donors (Lipinski definition) is 0. The summed E-state index contributed by atoms with van der Waals surface area (Å²) in [5, 5.41) is 3.97. The summed E-state index contributed by atoms with van der Waals surface area (Å²) in [4.78, 5) is 15.1. The number of nitrogens with zero attached hydrogens (tertiary/aromatic N) is 3. The maximum atomic E-state index is 13.1. The number of carbonyl (C=O) groups excluding carboxylic acids is 1. The molecule has 1 atom stereocenters. The first-order valence-electron chi connectivity index (χ1n) is 8.56. The number of carbonyl (C=O) groups is 1. The van der Waals surface area contributed by atoms with Gasteiger partial charge >= 0.3 is 0 Å². The van der Waals surface area contributed by atoms with E-state index in [1.165, 1.54) is 0 Å². The largest absolute Gasteiger partial charge is 0.361 e. The molecule has 128 valence electrons. The Labute approximate surface area is 146 Å². The van der Waals surface area contributed by atoms with E-state index in [0.717, 1.165) is 34.8 Å². The first-order chi connectivity index (χ1) is 12.1. The van der Waals surface area contributed by atoms with Crippen molar-refractivity contribution in [2.24, 2.45) is 0 Å². The SMILES string of the molecule is Cc1noc(C)c1CC(=O)N1CCn2cccc2C1c1ccccc1. The Hall–Kier alpha value is -2.82. The van der Waals surface area contributed by atoms with Gasteiger partial charge < -0.3 is 14.0 Å². The van der Waals surface area contributed by atoms with E-state index in [9.17, 15) is 4.79 Å². The molecule has 5 nitrogen and oxygen atoms in total. The average Bonchev–Trinajstić information content (AvgIpc) is 3.23. The molecule has 0 radical (unpaired) electrons. The molecule has 0 fully saturated rings. The zero-order valence-corrected chi connectivity index (χ0v) is 14.5. The Kier molecular flexibility index (Phi) is 3.92. The van der Waals surface area contributed by atoms with E-state index in [-0.39, 0.29) is 11.9 Å². The van der Waals surface area contributed by atoms with Crippen molar-refractivity contribution in [3.63, 3.8) is 0 Å². The lowest BCUT2D eigenvalue weighted by Gasteiger charge is -2.37. The molecule has 3 heterocycles. The molecule has 1 aliphatic heterocycles. The summed E-state index contributed by atoms with van der Waals surface area (Å²) in [5.41, 5.74) is 3.99. The lowest BCUT2D eigenvalue weighted by atomic mass is 9.99. The van der Waals surface area contributed by atoms with Gasteiger partial charge in [-0.3, -0.25) is 4.79 Å². The van der Waals surface area contributed by atoms with Gasteiger partial charge in [0.2, 0.25) is 5.91 Å². The fourth-order valence-electron chi connectivity index (χ4n) is 3.65. The van der Waals surface area contributed by atoms with Gasteiger partial charge in [-0.15, -0.1) is 0 Å². The van der Waals surface area contributed by atoms with Crippen LogP contribution in [0.1, 0.15) is 34.3 Å². The second kappa shape index (κ2) is 6.24. The third-order valence-corrected chi connectivity index (χ3v) is 4.98. The van der Waals surface area contributed by atoms with E-state index < -0.39 is 0 Å². The summed E-state index contributed by atoms with van der Waals surface area (Å²) in [6.07, 6.45) is 2.41. The molecule has 25 heavy (non-hydrogen) atoms. The highest BCUT2D eigenvalue weighted by molar-refractivity contribution is 5.80. The van der Waals surface area contributed by atoms with Crippen molar-refractivity contribution >= 4 is 5.91 Å². The Morgan fingerprint density at radius 1 is 1.16 bits per heavy atom. The van der Waals surface area contributed by atoms with E-state index >= 15 is 0 Å². The van der Waals surface area contributed by atoms with Crippen LogP contribution in [0.4, 0.5) is 0 Å². The third kappa shape index (κ3) is 2.76. The van der Waals surface area contributed by atoms with Crippen LogP contribution in [0.2, 0.25) is 0 Å². The molecule has 0 aliphatic carbocycles. The van der Waals surface area contributed by atoms with Crippen LogP contribution in [0.15, 0.2) is 53.2 Å². The van der Waals surface area contributed by atoms with Crippen LogP contribution >= 0.6 is 0 Å². The molecule has 3 aromatic rings. The first kappa shape index (κ1) is 15.7. The number of aryl methyl sites for hydroxylation is 2. The van der Waals surface area contributed by atoms with Crippen molar-refractivity contribution in [3.8, 4) is 0 Å². The van der Waals surface area contributed by atoms with Gasteiger partial charge in [0, 0.05) is 30.5 Å². The van der Waals surface area contributed by atoms with E-state index in [4.69, 9.17) is 4.52 Å². The van der Waals surface area contributed by atoms with E-state index in [0.29, 0.717) is 13.0 Å². The fraction of sp³-hybridized carbons (Fsp3) is 0.300. The van der Waals surface area contributed by atoms with Gasteiger partial charge in [0.25, 0.3) is 0 Å². The minimum Gasteiger partial charge on any atom is -0.361 e. The van der Waals surface area contributed by atoms with Crippen LogP contribution in [0.5, 0.6) is 0 Å². The zero-order chi connectivity index (χ0) is 17.4. The Morgan fingerprint density at radius 3 is 2.68 bits per heavy atom. The van der Waals surface area contributed by atoms with Crippen molar-refractivity contribution in [1.29, 1.82) is 0 Å². The molecule has 0 bridgehead atoms. The summed E-state index contributed by atoms with van der Waals surface area (Å²) >= 11 is 0. The zero-order valence-electron chi connectivity index (χ0n) is 14.5. The standard InChI is InChI=1S/C20H21N3O2/c1-14-17(15(2)25-21-14)13-19(24)23-12-11-22-10-6-9-18(22)20(23)16-7-4-3-5-8-16/h3-10,20H,11-13H2,1-2H3. The number of amides is 1. The van der Waals surface area contributed by atoms with Gasteiger partial charge in [0.05, 0.1) is 18.2 Å². The predicted octanol–water partition coefficient (Wildman–Crippen LogP) is 3.27. The van der Waals surface area contributed by atoms with Crippen LogP contribution in [0.25, 0.3) is 0 Å². The molecule has 4 rings (SSSR count). The van der Waals surface area contributed by atoms with Crippen LogP contribution < -0.4 is 0 Å². The highest BCUT2D eigenvalue weighted by Gasteiger charge is 2.32. The second-order valence-electron chi connectivity index (χ2n) is 6.51. The normalized spacial score (nSPS) is 16.7. The average molecular weight is 335 g/mol. The molecule has 1 aromatic carbocycles. The maximum absolute atomic E-state index is 13.1. The number of benzene rings is 1. The summed E-state index contributed by atoms with van der Waals surface area (Å²) in [5.74, 6) is 0.832. The fourth-order valence-corrected chi connectivity index (χ4v) is 3.65. The minimum absolute atomic E-state index is 0.0575. The van der Waals surface area contributed by atoms with Crippen molar-refractivity contribution < 1.29 is 9.32 Å². The minimum atomic E-state index is -0.0575. The quantitative estimate of drug-likeness (QED) is 0.738. The molecule has 1 aliphatic rings. The summed E-state index contributed by atoms with van der Waals surface area (Å²) < 4.78 is 7.45. The molecule has 0 spiro atoms. The Morgan fingerprint density at radius 2 is 1.96 bits per heavy atom. The van der Waals surface area contributed by atoms with Gasteiger partial charge in [-0.1, -0.05) is 35.5 Å². The molecule has 0 saturated heterocycles. The first-order valence-corrected chi connectivity index (χ1v) is 8.56. The number of rotatable bonds is 3. The Balaban J connectivity index is 1.69. The monoisotopic (exact) mass is 335 g/mol. The highest BCUT2D eigenvalue weighted by atomic mass is 16.5. The van der Waals surface area contributed by atoms with Crippen LogP contribution in [0.3, 0.4) is 0 Å². The second-order valence-corrected chi connectivity index (χ2v) is 6.51. The van der Waals surface area contributed by atoms with Crippen molar-refractivity contribution in [1.82, 2.24) is 14.6 Å². The van der Waals surface area contributed by atoms with Gasteiger partial charge in [0.1, 0.15) is 5.76 Å². The van der Waals surface area contributed by atoms with Gasteiger partial charge in [-0.25, -0.2) is 0 Å². The Bertz CT molecular complexity index is 875. The molecule has 5 heteroatoms. The topological polar surface area (TPSA) is 51.3 Å². The summed E-state index contributed by atoms with van der Waals surface area (Å²) in [7, 11) is 0. The molecule has 1 amide bonds. The van der Waals surface area contributed by atoms with Crippen molar-refractivity contribution in [3.05, 3.63) is 76.9 Å². The lowest BCUT2D eigenvalue weighted by molar-refractivity contribution is -0.133. The number of hydrogen-bond acceptors (Lipinski definition) is 3. The third-order valence-electron chi connectivity index (χ3n) is 4.98. The summed E-state index contributed by atoms with van der Waals surface area (Å²) in [6, 6.07) is 14.3. The number of aromatic nitrogens is 2. The highest BCUT2D eigenvalue weighted by Crippen LogP contribution is 2.33. The van der Waals surface area contributed by atoms with Crippen molar-refractivity contribution in [2.45, 2.75) is 32.9 Å². The van der Waals surface area contributed by atoms with Gasteiger partial charge in [-0.05, 0) is 31.5 Å². The molecular weight excluding hydrogens is 314 g/mol. The molecule has 1 unspecified atom stereocenters. The lowest BCUT2D eigenvalue weighted by Crippen LogP contribution is -2.43. The number of fused-ring (bicyclic) bond motifs is 1. The summed E-state index contributed by atoms with van der Waals surface area (Å²) in [6.45, 7) is 5.26. The van der Waals surface area contributed by atoms with Crippen LogP contribution in [0, 0.1) is 13.8 Å². The van der Waals surface area contributed by atoms with Crippen LogP contribution in [-0.4, -0.2) is 27.1 Å². The maximum Gasteiger partial charge on any atom is 0.228 e. The van der Waals surface area contributed by atoms with Gasteiger partial charge in [0.15, 0.2) is 0 Å². The molecule has 2 aromatic heterocycles. The van der Waals surface area contributed by atoms with Crippen LogP contribution in [-0.2, 0) is 17.8 Å². The van der Waals surface area contributed by atoms with E-state index in [1.807, 2.05) is 43.0 Å². The van der Waals surface area contributed by atoms with E-state index in [1.54, 1.807) is 0 Å². The smallest absolute Gasteiger partial charge is 0.228 e. The molecule has 0 saturated carbocycles. The predicted molar refractivity (Wildman–Crippen MR) is 94.1 cm³/mol. The molecular formula is C20H21N3O2.